The summed E-state index contributed by atoms with van der Waals surface area (Å²) < 4.78 is 5.53. The largest absolute Gasteiger partial charge is 0.490 e. The number of ether oxygens (including phenoxy) is 1. The molecule has 0 radical (unpaired) electrons. The number of nitrogens with zero attached hydrogens (tertiary/aromatic N) is 1. The van der Waals surface area contributed by atoms with Gasteiger partial charge in [0.2, 0.25) is 0 Å². The Morgan fingerprint density at radius 2 is 2.18 bits per heavy atom. The van der Waals surface area contributed by atoms with Crippen LogP contribution in [0.25, 0.3) is 0 Å². The van der Waals surface area contributed by atoms with Gasteiger partial charge in [-0.05, 0) is 31.5 Å². The zero-order valence-electron chi connectivity index (χ0n) is 10.4. The Hall–Kier alpha value is -1.71. The van der Waals surface area contributed by atoms with Crippen LogP contribution in [0, 0.1) is 0 Å². The number of benzene rings is 1. The van der Waals surface area contributed by atoms with Gasteiger partial charge < -0.3 is 14.7 Å². The van der Waals surface area contributed by atoms with Crippen molar-refractivity contribution in [3.05, 3.63) is 23.8 Å². The van der Waals surface area contributed by atoms with Gasteiger partial charge in [-0.25, -0.2) is 0 Å². The first kappa shape index (κ1) is 11.8. The van der Waals surface area contributed by atoms with Gasteiger partial charge in [0, 0.05) is 7.05 Å². The molecule has 0 atom stereocenters. The fourth-order valence-corrected chi connectivity index (χ4v) is 1.86. The standard InChI is InChI=1S/C13H17NO3/c1-13(2,12(15)16)9-4-5-11-10(8-9)14(3)6-7-17-11/h4-5,8H,6-7H2,1-3H3,(H,15,16). The quantitative estimate of drug-likeness (QED) is 0.850. The van der Waals surface area contributed by atoms with Crippen molar-refractivity contribution in [3.63, 3.8) is 0 Å². The predicted octanol–water partition coefficient (Wildman–Crippen LogP) is 1.88. The van der Waals surface area contributed by atoms with Gasteiger partial charge in [0.1, 0.15) is 12.4 Å². The van der Waals surface area contributed by atoms with Gasteiger partial charge in [0.15, 0.2) is 0 Å². The predicted molar refractivity (Wildman–Crippen MR) is 65.9 cm³/mol. The number of fused-ring (bicyclic) bond motifs is 1. The summed E-state index contributed by atoms with van der Waals surface area (Å²) in [6.45, 7) is 4.91. The minimum Gasteiger partial charge on any atom is -0.490 e. The minimum atomic E-state index is -0.882. The van der Waals surface area contributed by atoms with Crippen molar-refractivity contribution in [2.75, 3.05) is 25.1 Å². The fourth-order valence-electron chi connectivity index (χ4n) is 1.86. The zero-order valence-corrected chi connectivity index (χ0v) is 10.4. The second-order valence-electron chi connectivity index (χ2n) is 4.88. The van der Waals surface area contributed by atoms with E-state index in [0.29, 0.717) is 6.61 Å². The summed E-state index contributed by atoms with van der Waals surface area (Å²) in [6.07, 6.45) is 0. The highest BCUT2D eigenvalue weighted by Crippen LogP contribution is 2.35. The van der Waals surface area contributed by atoms with E-state index in [1.807, 2.05) is 25.2 Å². The van der Waals surface area contributed by atoms with Crippen molar-refractivity contribution in [2.45, 2.75) is 19.3 Å². The summed E-state index contributed by atoms with van der Waals surface area (Å²) in [5.74, 6) is 0.000481. The molecule has 4 heteroatoms. The summed E-state index contributed by atoms with van der Waals surface area (Å²) in [6, 6.07) is 5.58. The number of likely N-dealkylation sites (N-methyl/N-ethyl adjacent to an activating group) is 1. The number of aliphatic carboxylic acids is 1. The van der Waals surface area contributed by atoms with Crippen LogP contribution in [0.4, 0.5) is 5.69 Å². The van der Waals surface area contributed by atoms with Gasteiger partial charge in [-0.3, -0.25) is 4.79 Å². The molecule has 0 aromatic heterocycles. The molecule has 1 N–H and O–H groups in total. The molecule has 0 aliphatic carbocycles. The van der Waals surface area contributed by atoms with Crippen molar-refractivity contribution in [1.82, 2.24) is 0 Å². The van der Waals surface area contributed by atoms with Crippen LogP contribution in [0.1, 0.15) is 19.4 Å². The molecule has 17 heavy (non-hydrogen) atoms. The molecule has 4 nitrogen and oxygen atoms in total. The summed E-state index contributed by atoms with van der Waals surface area (Å²) in [4.78, 5) is 13.3. The van der Waals surface area contributed by atoms with Gasteiger partial charge in [0.05, 0.1) is 17.6 Å². The van der Waals surface area contributed by atoms with Crippen LogP contribution in [-0.2, 0) is 10.2 Å². The van der Waals surface area contributed by atoms with Crippen LogP contribution in [0.2, 0.25) is 0 Å². The highest BCUT2D eigenvalue weighted by molar-refractivity contribution is 5.81. The fraction of sp³-hybridized carbons (Fsp3) is 0.462. The second kappa shape index (κ2) is 3.95. The number of anilines is 1. The second-order valence-corrected chi connectivity index (χ2v) is 4.88. The summed E-state index contributed by atoms with van der Waals surface area (Å²) in [5, 5.41) is 9.22. The van der Waals surface area contributed by atoms with Gasteiger partial charge >= 0.3 is 5.97 Å². The third-order valence-corrected chi connectivity index (χ3v) is 3.31. The Labute approximate surface area is 101 Å². The molecular weight excluding hydrogens is 218 g/mol. The maximum atomic E-state index is 11.2. The normalized spacial score (nSPS) is 15.1. The summed E-state index contributed by atoms with van der Waals surface area (Å²) in [5.41, 5.74) is 0.872. The Kier molecular flexibility index (Phi) is 2.73. The van der Waals surface area contributed by atoms with Gasteiger partial charge in [-0.2, -0.15) is 0 Å². The number of carboxylic acid groups (broad SMARTS) is 1. The molecule has 0 unspecified atom stereocenters. The molecule has 0 saturated carbocycles. The molecule has 1 aliphatic rings. The first-order valence-electron chi connectivity index (χ1n) is 5.65. The van der Waals surface area contributed by atoms with E-state index in [1.54, 1.807) is 13.8 Å². The average Bonchev–Trinajstić information content (AvgIpc) is 2.29. The van der Waals surface area contributed by atoms with Crippen LogP contribution >= 0.6 is 0 Å². The molecule has 1 aromatic rings. The Morgan fingerprint density at radius 1 is 1.47 bits per heavy atom. The van der Waals surface area contributed by atoms with Gasteiger partial charge in [-0.15, -0.1) is 0 Å². The molecule has 1 aliphatic heterocycles. The molecule has 0 bridgehead atoms. The van der Waals surface area contributed by atoms with Crippen molar-refractivity contribution < 1.29 is 14.6 Å². The summed E-state index contributed by atoms with van der Waals surface area (Å²) >= 11 is 0. The van der Waals surface area contributed by atoms with E-state index in [9.17, 15) is 9.90 Å². The molecular formula is C13H17NO3. The third kappa shape index (κ3) is 1.95. The number of hydrogen-bond acceptors (Lipinski definition) is 3. The lowest BCUT2D eigenvalue weighted by atomic mass is 9.84. The zero-order chi connectivity index (χ0) is 12.6. The van der Waals surface area contributed by atoms with Gasteiger partial charge in [0.25, 0.3) is 0 Å². The molecule has 0 fully saturated rings. The van der Waals surface area contributed by atoms with Crippen LogP contribution in [0.5, 0.6) is 5.75 Å². The molecule has 0 amide bonds. The van der Waals surface area contributed by atoms with Crippen molar-refractivity contribution in [3.8, 4) is 5.75 Å². The van der Waals surface area contributed by atoms with Crippen molar-refractivity contribution >= 4 is 11.7 Å². The van der Waals surface area contributed by atoms with E-state index >= 15 is 0 Å². The molecule has 92 valence electrons. The first-order valence-corrected chi connectivity index (χ1v) is 5.65. The SMILES string of the molecule is CN1CCOc2ccc(C(C)(C)C(=O)O)cc21. The Bertz CT molecular complexity index is 454. The Balaban J connectivity index is 2.46. The van der Waals surface area contributed by atoms with Crippen LogP contribution in [-0.4, -0.2) is 31.3 Å². The highest BCUT2D eigenvalue weighted by atomic mass is 16.5. The maximum absolute atomic E-state index is 11.2. The first-order chi connectivity index (χ1) is 7.93. The Morgan fingerprint density at radius 3 is 2.82 bits per heavy atom. The van der Waals surface area contributed by atoms with Crippen LogP contribution < -0.4 is 9.64 Å². The number of carbonyl (C=O) groups is 1. The summed E-state index contributed by atoms with van der Waals surface area (Å²) in [7, 11) is 1.99. The lowest BCUT2D eigenvalue weighted by Crippen LogP contribution is -2.31. The lowest BCUT2D eigenvalue weighted by Gasteiger charge is -2.30. The van der Waals surface area contributed by atoms with E-state index in [-0.39, 0.29) is 0 Å². The van der Waals surface area contributed by atoms with Crippen molar-refractivity contribution in [2.24, 2.45) is 0 Å². The monoisotopic (exact) mass is 235 g/mol. The molecule has 1 aromatic carbocycles. The van der Waals surface area contributed by atoms with Crippen molar-refractivity contribution in [1.29, 1.82) is 0 Å². The van der Waals surface area contributed by atoms with E-state index < -0.39 is 11.4 Å². The topological polar surface area (TPSA) is 49.8 Å². The van der Waals surface area contributed by atoms with Gasteiger partial charge in [-0.1, -0.05) is 6.07 Å². The molecule has 0 spiro atoms. The van der Waals surface area contributed by atoms with E-state index in [0.717, 1.165) is 23.5 Å². The number of carboxylic acids is 1. The van der Waals surface area contributed by atoms with Crippen LogP contribution in [0.15, 0.2) is 18.2 Å². The maximum Gasteiger partial charge on any atom is 0.313 e. The highest BCUT2D eigenvalue weighted by Gasteiger charge is 2.30. The molecule has 2 rings (SSSR count). The third-order valence-electron chi connectivity index (χ3n) is 3.31. The van der Waals surface area contributed by atoms with E-state index in [4.69, 9.17) is 4.74 Å². The number of hydrogen-bond donors (Lipinski definition) is 1. The van der Waals surface area contributed by atoms with Crippen LogP contribution in [0.3, 0.4) is 0 Å². The van der Waals surface area contributed by atoms with E-state index in [2.05, 4.69) is 4.90 Å². The molecule has 0 saturated heterocycles. The minimum absolute atomic E-state index is 0.672. The molecule has 1 heterocycles. The average molecular weight is 235 g/mol. The number of rotatable bonds is 2. The van der Waals surface area contributed by atoms with E-state index in [1.165, 1.54) is 0 Å². The lowest BCUT2D eigenvalue weighted by molar-refractivity contribution is -0.142. The smallest absolute Gasteiger partial charge is 0.313 e.